The minimum Gasteiger partial charge on any atom is -0.497 e. The van der Waals surface area contributed by atoms with Crippen LogP contribution in [-0.4, -0.2) is 51.0 Å². The zero-order valence-corrected chi connectivity index (χ0v) is 17.1. The van der Waals surface area contributed by atoms with Crippen LogP contribution < -0.4 is 21.1 Å². The standard InChI is InChI=1S/C20H32BN3O5/c1-28-16-7-4-6-15(14-16)9-13-23-18(25)20(10-2-3-11-20)19(26)24-17(29-21-27)8-5-12-22/h4,6-7,14,17,21,27H,2-3,5,8-13,22H2,1H3,(H,23,25)(H,24,26)/t17-/m1/s1. The molecule has 0 heterocycles. The predicted molar refractivity (Wildman–Crippen MR) is 111 cm³/mol. The molecule has 0 bridgehead atoms. The van der Waals surface area contributed by atoms with Crippen molar-refractivity contribution in [1.82, 2.24) is 10.6 Å². The maximum Gasteiger partial charge on any atom is 0.436 e. The first-order valence-electron chi connectivity index (χ1n) is 10.2. The Morgan fingerprint density at radius 1 is 1.31 bits per heavy atom. The second-order valence-electron chi connectivity index (χ2n) is 7.34. The molecule has 1 aromatic rings. The molecule has 1 aromatic carbocycles. The fourth-order valence-electron chi connectivity index (χ4n) is 3.73. The zero-order valence-electron chi connectivity index (χ0n) is 17.1. The quantitative estimate of drug-likeness (QED) is 0.226. The number of carbonyl (C=O) groups excluding carboxylic acids is 2. The van der Waals surface area contributed by atoms with Crippen LogP contribution in [0.1, 0.15) is 44.1 Å². The molecule has 0 spiro atoms. The van der Waals surface area contributed by atoms with E-state index in [-0.39, 0.29) is 11.8 Å². The highest BCUT2D eigenvalue weighted by atomic mass is 16.5. The molecule has 0 unspecified atom stereocenters. The number of nitrogens with two attached hydrogens (primary N) is 1. The number of rotatable bonds is 12. The molecule has 1 aliphatic carbocycles. The first-order chi connectivity index (χ1) is 14.1. The van der Waals surface area contributed by atoms with Crippen molar-refractivity contribution in [3.05, 3.63) is 29.8 Å². The lowest BCUT2D eigenvalue weighted by atomic mass is 9.83. The molecule has 9 heteroatoms. The number of amides is 2. The van der Waals surface area contributed by atoms with Gasteiger partial charge in [0.2, 0.25) is 11.8 Å². The molecular formula is C20H32BN3O5. The minimum atomic E-state index is -1.09. The summed E-state index contributed by atoms with van der Waals surface area (Å²) >= 11 is 0. The van der Waals surface area contributed by atoms with E-state index in [1.165, 1.54) is 0 Å². The summed E-state index contributed by atoms with van der Waals surface area (Å²) in [4.78, 5) is 26.0. The van der Waals surface area contributed by atoms with Gasteiger partial charge in [-0.05, 0) is 56.3 Å². The monoisotopic (exact) mass is 405 g/mol. The third kappa shape index (κ3) is 6.45. The maximum atomic E-state index is 13.0. The summed E-state index contributed by atoms with van der Waals surface area (Å²) in [6.07, 6.45) is 3.78. The molecule has 0 aromatic heterocycles. The molecule has 0 aliphatic heterocycles. The Bertz CT molecular complexity index is 667. The molecule has 160 valence electrons. The summed E-state index contributed by atoms with van der Waals surface area (Å²) in [5.74, 6) is 0.175. The predicted octanol–water partition coefficient (Wildman–Crippen LogP) is 0.371. The number of methoxy groups -OCH3 is 1. The van der Waals surface area contributed by atoms with Crippen molar-refractivity contribution < 1.29 is 24.0 Å². The second-order valence-corrected chi connectivity index (χ2v) is 7.34. The second kappa shape index (κ2) is 11.8. The molecule has 29 heavy (non-hydrogen) atoms. The lowest BCUT2D eigenvalue weighted by Gasteiger charge is -2.29. The third-order valence-electron chi connectivity index (χ3n) is 5.40. The van der Waals surface area contributed by atoms with Crippen LogP contribution in [-0.2, 0) is 20.7 Å². The molecular weight excluding hydrogens is 373 g/mol. The summed E-state index contributed by atoms with van der Waals surface area (Å²) in [5.41, 5.74) is 5.48. The van der Waals surface area contributed by atoms with Gasteiger partial charge in [0.25, 0.3) is 0 Å². The highest BCUT2D eigenvalue weighted by molar-refractivity contribution is 6.16. The van der Waals surface area contributed by atoms with E-state index in [0.717, 1.165) is 24.2 Å². The first-order valence-corrected chi connectivity index (χ1v) is 10.2. The Hall–Kier alpha value is -2.10. The summed E-state index contributed by atoms with van der Waals surface area (Å²) in [6.45, 7) is 0.891. The van der Waals surface area contributed by atoms with Crippen LogP contribution in [0.5, 0.6) is 5.75 Å². The highest BCUT2D eigenvalue weighted by Gasteiger charge is 2.48. The smallest absolute Gasteiger partial charge is 0.436 e. The summed E-state index contributed by atoms with van der Waals surface area (Å²) < 4.78 is 10.4. The number of nitrogens with one attached hydrogen (secondary N) is 2. The van der Waals surface area contributed by atoms with Crippen molar-refractivity contribution in [2.24, 2.45) is 11.1 Å². The SMILES string of the molecule is COc1cccc(CCNC(=O)C2(C(=O)N[C@@H](CCCN)OBO)CCCC2)c1. The number of carbonyl (C=O) groups is 2. The van der Waals surface area contributed by atoms with E-state index in [2.05, 4.69) is 10.6 Å². The summed E-state index contributed by atoms with van der Waals surface area (Å²) in [6, 6.07) is 7.68. The van der Waals surface area contributed by atoms with E-state index in [0.29, 0.717) is 45.2 Å². The first kappa shape index (κ1) is 23.2. The molecule has 2 rings (SSSR count). The van der Waals surface area contributed by atoms with E-state index in [1.807, 2.05) is 24.3 Å². The van der Waals surface area contributed by atoms with Crippen LogP contribution in [0.2, 0.25) is 0 Å². The van der Waals surface area contributed by atoms with Gasteiger partial charge in [-0.25, -0.2) is 0 Å². The van der Waals surface area contributed by atoms with Crippen molar-refractivity contribution in [3.63, 3.8) is 0 Å². The largest absolute Gasteiger partial charge is 0.497 e. The molecule has 1 saturated carbocycles. The minimum absolute atomic E-state index is 0.253. The van der Waals surface area contributed by atoms with Gasteiger partial charge in [-0.3, -0.25) is 9.59 Å². The number of ether oxygens (including phenoxy) is 1. The van der Waals surface area contributed by atoms with Crippen LogP contribution in [0.3, 0.4) is 0 Å². The van der Waals surface area contributed by atoms with Gasteiger partial charge < -0.3 is 30.8 Å². The Morgan fingerprint density at radius 3 is 2.72 bits per heavy atom. The average molecular weight is 405 g/mol. The van der Waals surface area contributed by atoms with Gasteiger partial charge in [-0.1, -0.05) is 25.0 Å². The Balaban J connectivity index is 1.96. The van der Waals surface area contributed by atoms with Gasteiger partial charge >= 0.3 is 7.69 Å². The summed E-state index contributed by atoms with van der Waals surface area (Å²) in [7, 11) is 1.11. The van der Waals surface area contributed by atoms with E-state index < -0.39 is 19.3 Å². The lowest BCUT2D eigenvalue weighted by molar-refractivity contribution is -0.145. The van der Waals surface area contributed by atoms with Crippen molar-refractivity contribution in [2.75, 3.05) is 20.2 Å². The lowest BCUT2D eigenvalue weighted by Crippen LogP contribution is -2.53. The van der Waals surface area contributed by atoms with E-state index in [9.17, 15) is 9.59 Å². The Labute approximate surface area is 172 Å². The summed E-state index contributed by atoms with van der Waals surface area (Å²) in [5, 5.41) is 14.8. The van der Waals surface area contributed by atoms with Crippen molar-refractivity contribution >= 4 is 19.5 Å². The fourth-order valence-corrected chi connectivity index (χ4v) is 3.73. The topological polar surface area (TPSA) is 123 Å². The van der Waals surface area contributed by atoms with Crippen LogP contribution in [0.4, 0.5) is 0 Å². The van der Waals surface area contributed by atoms with Crippen molar-refractivity contribution in [3.8, 4) is 5.75 Å². The third-order valence-corrected chi connectivity index (χ3v) is 5.40. The zero-order chi connectivity index (χ0) is 21.1. The van der Waals surface area contributed by atoms with Gasteiger partial charge in [0.1, 0.15) is 17.4 Å². The molecule has 5 N–H and O–H groups in total. The van der Waals surface area contributed by atoms with Gasteiger partial charge in [-0.2, -0.15) is 0 Å². The van der Waals surface area contributed by atoms with Crippen LogP contribution in [0.25, 0.3) is 0 Å². The fraction of sp³-hybridized carbons (Fsp3) is 0.600. The Kier molecular flexibility index (Phi) is 9.43. The van der Waals surface area contributed by atoms with Crippen LogP contribution in [0, 0.1) is 5.41 Å². The molecule has 1 fully saturated rings. The molecule has 8 nitrogen and oxygen atoms in total. The van der Waals surface area contributed by atoms with Crippen molar-refractivity contribution in [2.45, 2.75) is 51.2 Å². The van der Waals surface area contributed by atoms with E-state index in [4.69, 9.17) is 20.1 Å². The normalized spacial score (nSPS) is 16.1. The number of hydrogen-bond acceptors (Lipinski definition) is 6. The Morgan fingerprint density at radius 2 is 2.07 bits per heavy atom. The maximum absolute atomic E-state index is 13.0. The van der Waals surface area contributed by atoms with Gasteiger partial charge in [-0.15, -0.1) is 0 Å². The molecule has 0 saturated heterocycles. The highest BCUT2D eigenvalue weighted by Crippen LogP contribution is 2.39. The molecule has 1 atom stereocenters. The van der Waals surface area contributed by atoms with Gasteiger partial charge in [0.15, 0.2) is 0 Å². The molecule has 1 aliphatic rings. The molecule has 2 amide bonds. The molecule has 0 radical (unpaired) electrons. The van der Waals surface area contributed by atoms with Crippen molar-refractivity contribution in [1.29, 1.82) is 0 Å². The van der Waals surface area contributed by atoms with E-state index in [1.54, 1.807) is 7.11 Å². The average Bonchev–Trinajstić information content (AvgIpc) is 3.23. The van der Waals surface area contributed by atoms with Gasteiger partial charge in [0, 0.05) is 6.54 Å². The number of hydrogen-bond donors (Lipinski definition) is 4. The number of benzene rings is 1. The van der Waals surface area contributed by atoms with Gasteiger partial charge in [0.05, 0.1) is 7.11 Å². The van der Waals surface area contributed by atoms with Crippen LogP contribution in [0.15, 0.2) is 24.3 Å². The van der Waals surface area contributed by atoms with Crippen LogP contribution >= 0.6 is 0 Å². The van der Waals surface area contributed by atoms with E-state index >= 15 is 0 Å².